The van der Waals surface area contributed by atoms with E-state index in [-0.39, 0.29) is 5.82 Å². The molecule has 0 aromatic heterocycles. The minimum Gasteiger partial charge on any atom is -0.367 e. The van der Waals surface area contributed by atoms with Crippen LogP contribution >= 0.6 is 0 Å². The number of anilines is 1. The molecular formula is C25H32FN3. The molecule has 2 aliphatic heterocycles. The van der Waals surface area contributed by atoms with Crippen molar-refractivity contribution in [1.82, 2.24) is 9.80 Å². The number of halogens is 1. The summed E-state index contributed by atoms with van der Waals surface area (Å²) in [5.41, 5.74) is 3.45. The maximum absolute atomic E-state index is 14.1. The van der Waals surface area contributed by atoms with Gasteiger partial charge >= 0.3 is 0 Å². The first-order valence-corrected chi connectivity index (χ1v) is 10.9. The highest BCUT2D eigenvalue weighted by molar-refractivity contribution is 5.52. The van der Waals surface area contributed by atoms with Gasteiger partial charge in [0.15, 0.2) is 0 Å². The first-order chi connectivity index (χ1) is 14.2. The Hall–Kier alpha value is -2.17. The fraction of sp³-hybridized carbons (Fsp3) is 0.440. The van der Waals surface area contributed by atoms with E-state index in [2.05, 4.69) is 58.0 Å². The molecule has 0 saturated carbocycles. The average Bonchev–Trinajstić information content (AvgIpc) is 2.75. The molecular weight excluding hydrogens is 361 g/mol. The predicted octanol–water partition coefficient (Wildman–Crippen LogP) is 4.52. The van der Waals surface area contributed by atoms with Gasteiger partial charge in [0.1, 0.15) is 5.82 Å². The van der Waals surface area contributed by atoms with E-state index < -0.39 is 0 Å². The maximum atomic E-state index is 14.1. The molecule has 0 spiro atoms. The lowest BCUT2D eigenvalue weighted by atomic mass is 10.0. The molecule has 2 aliphatic rings. The van der Waals surface area contributed by atoms with Crippen LogP contribution in [-0.2, 0) is 0 Å². The summed E-state index contributed by atoms with van der Waals surface area (Å²) < 4.78 is 14.1. The molecule has 0 N–H and O–H groups in total. The van der Waals surface area contributed by atoms with E-state index in [0.29, 0.717) is 6.04 Å². The van der Waals surface area contributed by atoms with Gasteiger partial charge in [0.2, 0.25) is 0 Å². The molecule has 154 valence electrons. The fourth-order valence-electron chi connectivity index (χ4n) is 4.74. The molecule has 0 amide bonds. The normalized spacial score (nSPS) is 22.1. The van der Waals surface area contributed by atoms with Crippen molar-refractivity contribution < 1.29 is 4.39 Å². The number of hydrogen-bond acceptors (Lipinski definition) is 3. The Kier molecular flexibility index (Phi) is 6.63. The van der Waals surface area contributed by atoms with Crippen molar-refractivity contribution in [3.05, 3.63) is 71.6 Å². The van der Waals surface area contributed by atoms with Gasteiger partial charge in [0.05, 0.1) is 5.69 Å². The van der Waals surface area contributed by atoms with Crippen LogP contribution in [0, 0.1) is 5.82 Å². The molecule has 3 nitrogen and oxygen atoms in total. The number of rotatable bonds is 5. The van der Waals surface area contributed by atoms with Gasteiger partial charge in [0.25, 0.3) is 0 Å². The third-order valence-electron chi connectivity index (χ3n) is 6.19. The number of benzene rings is 2. The van der Waals surface area contributed by atoms with E-state index in [9.17, 15) is 4.39 Å². The highest BCUT2D eigenvalue weighted by atomic mass is 19.1. The van der Waals surface area contributed by atoms with Gasteiger partial charge in [-0.1, -0.05) is 54.1 Å². The average molecular weight is 394 g/mol. The molecule has 29 heavy (non-hydrogen) atoms. The van der Waals surface area contributed by atoms with Crippen molar-refractivity contribution in [2.24, 2.45) is 0 Å². The third-order valence-corrected chi connectivity index (χ3v) is 6.19. The molecule has 2 aromatic rings. The summed E-state index contributed by atoms with van der Waals surface area (Å²) in [5.74, 6) is -0.106. The molecule has 0 aliphatic carbocycles. The lowest BCUT2D eigenvalue weighted by Gasteiger charge is -2.44. The molecule has 2 aromatic carbocycles. The number of hydrogen-bond donors (Lipinski definition) is 0. The summed E-state index contributed by atoms with van der Waals surface area (Å²) in [7, 11) is 0. The topological polar surface area (TPSA) is 9.72 Å². The summed E-state index contributed by atoms with van der Waals surface area (Å²) in [4.78, 5) is 7.42. The minimum absolute atomic E-state index is 0.106. The van der Waals surface area contributed by atoms with Crippen molar-refractivity contribution in [3.63, 3.8) is 0 Å². The Morgan fingerprint density at radius 2 is 1.69 bits per heavy atom. The zero-order valence-corrected chi connectivity index (χ0v) is 17.4. The smallest absolute Gasteiger partial charge is 0.146 e. The van der Waals surface area contributed by atoms with E-state index in [1.54, 1.807) is 12.1 Å². The second kappa shape index (κ2) is 9.55. The van der Waals surface area contributed by atoms with Crippen molar-refractivity contribution in [1.29, 1.82) is 0 Å². The molecule has 4 heteroatoms. The first kappa shape index (κ1) is 20.1. The van der Waals surface area contributed by atoms with Crippen LogP contribution in [0.2, 0.25) is 0 Å². The Morgan fingerprint density at radius 1 is 0.966 bits per heavy atom. The second-order valence-electron chi connectivity index (χ2n) is 8.41. The lowest BCUT2D eigenvalue weighted by Crippen LogP contribution is -2.55. The van der Waals surface area contributed by atoms with Crippen molar-refractivity contribution in [2.75, 3.05) is 50.7 Å². The molecule has 2 fully saturated rings. The largest absolute Gasteiger partial charge is 0.367 e. The summed E-state index contributed by atoms with van der Waals surface area (Å²) in [6.45, 7) is 9.46. The monoisotopic (exact) mass is 393 g/mol. The van der Waals surface area contributed by atoms with Crippen LogP contribution in [-0.4, -0.2) is 61.7 Å². The van der Waals surface area contributed by atoms with Crippen molar-refractivity contribution >= 4 is 11.8 Å². The Balaban J connectivity index is 1.30. The van der Waals surface area contributed by atoms with Crippen molar-refractivity contribution in [2.45, 2.75) is 25.8 Å². The summed E-state index contributed by atoms with van der Waals surface area (Å²) in [5, 5.41) is 0. The molecule has 0 bridgehead atoms. The fourth-order valence-corrected chi connectivity index (χ4v) is 4.74. The molecule has 2 saturated heterocycles. The number of piperazine rings is 1. The van der Waals surface area contributed by atoms with Gasteiger partial charge in [-0.2, -0.15) is 0 Å². The van der Waals surface area contributed by atoms with E-state index in [1.807, 2.05) is 12.1 Å². The van der Waals surface area contributed by atoms with E-state index >= 15 is 0 Å². The van der Waals surface area contributed by atoms with Gasteiger partial charge in [-0.25, -0.2) is 4.39 Å². The first-order valence-electron chi connectivity index (χ1n) is 10.9. The van der Waals surface area contributed by atoms with Gasteiger partial charge in [0, 0.05) is 45.3 Å². The highest BCUT2D eigenvalue weighted by Crippen LogP contribution is 2.23. The van der Waals surface area contributed by atoms with Crippen LogP contribution in [0.3, 0.4) is 0 Å². The van der Waals surface area contributed by atoms with E-state index in [1.165, 1.54) is 30.5 Å². The van der Waals surface area contributed by atoms with Crippen LogP contribution in [0.5, 0.6) is 0 Å². The number of piperidine rings is 1. The predicted molar refractivity (Wildman–Crippen MR) is 120 cm³/mol. The van der Waals surface area contributed by atoms with Gasteiger partial charge in [-0.05, 0) is 44.0 Å². The Bertz CT molecular complexity index is 812. The highest BCUT2D eigenvalue weighted by Gasteiger charge is 2.28. The van der Waals surface area contributed by atoms with Crippen LogP contribution in [0.15, 0.2) is 60.2 Å². The quantitative estimate of drug-likeness (QED) is 0.740. The zero-order chi connectivity index (χ0) is 20.1. The SMILES string of the molecule is C/C(=C\c1ccccc1)CN1CCCC(N2CCN(c3ccccc3F)CC2)C1. The van der Waals surface area contributed by atoms with E-state index in [4.69, 9.17) is 0 Å². The molecule has 4 rings (SSSR count). The van der Waals surface area contributed by atoms with Gasteiger partial charge in [-0.15, -0.1) is 0 Å². The van der Waals surface area contributed by atoms with Crippen LogP contribution in [0.4, 0.5) is 10.1 Å². The van der Waals surface area contributed by atoms with Crippen LogP contribution < -0.4 is 4.90 Å². The zero-order valence-electron chi connectivity index (χ0n) is 17.4. The second-order valence-corrected chi connectivity index (χ2v) is 8.41. The van der Waals surface area contributed by atoms with Crippen LogP contribution in [0.25, 0.3) is 6.08 Å². The molecule has 0 radical (unpaired) electrons. The summed E-state index contributed by atoms with van der Waals surface area (Å²) in [6, 6.07) is 18.4. The standard InChI is InChI=1S/C25H32FN3/c1-21(18-22-8-3-2-4-9-22)19-27-13-7-10-23(20-27)28-14-16-29(17-15-28)25-12-6-5-11-24(25)26/h2-6,8-9,11-12,18,23H,7,10,13-17,19-20H2,1H3/b21-18+. The Morgan fingerprint density at radius 3 is 2.45 bits per heavy atom. The van der Waals surface area contributed by atoms with Crippen LogP contribution in [0.1, 0.15) is 25.3 Å². The lowest BCUT2D eigenvalue weighted by molar-refractivity contribution is 0.0977. The number of para-hydroxylation sites is 1. The molecule has 1 atom stereocenters. The summed E-state index contributed by atoms with van der Waals surface area (Å²) >= 11 is 0. The molecule has 2 heterocycles. The third kappa shape index (κ3) is 5.26. The maximum Gasteiger partial charge on any atom is 0.146 e. The van der Waals surface area contributed by atoms with Gasteiger partial charge in [-0.3, -0.25) is 9.80 Å². The van der Waals surface area contributed by atoms with Gasteiger partial charge < -0.3 is 4.90 Å². The molecule has 1 unspecified atom stereocenters. The van der Waals surface area contributed by atoms with E-state index in [0.717, 1.165) is 45.0 Å². The minimum atomic E-state index is -0.106. The summed E-state index contributed by atoms with van der Waals surface area (Å²) in [6.07, 6.45) is 4.84. The van der Waals surface area contributed by atoms with Crippen molar-refractivity contribution in [3.8, 4) is 0 Å². The number of nitrogens with zero attached hydrogens (tertiary/aromatic N) is 3. The number of likely N-dealkylation sites (tertiary alicyclic amines) is 1. The Labute approximate surface area is 174 Å².